The Morgan fingerprint density at radius 1 is 1.03 bits per heavy atom. The van der Waals surface area contributed by atoms with E-state index in [1.165, 1.54) is 25.1 Å². The van der Waals surface area contributed by atoms with Crippen LogP contribution < -0.4 is 10.1 Å². The summed E-state index contributed by atoms with van der Waals surface area (Å²) in [5, 5.41) is 1.80. The molecule has 10 heteroatoms. The van der Waals surface area contributed by atoms with E-state index in [2.05, 4.69) is 5.32 Å². The molecule has 168 valence electrons. The third-order valence-corrected chi connectivity index (χ3v) is 5.45. The first-order chi connectivity index (χ1) is 15.0. The molecule has 3 rings (SSSR count). The molecule has 1 amide bonds. The molecule has 0 spiro atoms. The summed E-state index contributed by atoms with van der Waals surface area (Å²) in [7, 11) is 0. The van der Waals surface area contributed by atoms with Gasteiger partial charge < -0.3 is 10.1 Å². The quantitative estimate of drug-likeness (QED) is 0.296. The van der Waals surface area contributed by atoms with Gasteiger partial charge >= 0.3 is 6.18 Å². The molecule has 32 heavy (non-hydrogen) atoms. The van der Waals surface area contributed by atoms with E-state index in [0.717, 1.165) is 36.0 Å². The third kappa shape index (κ3) is 5.34. The van der Waals surface area contributed by atoms with Crippen LogP contribution in [0.5, 0.6) is 11.5 Å². The van der Waals surface area contributed by atoms with Crippen molar-refractivity contribution in [1.82, 2.24) is 0 Å². The van der Waals surface area contributed by atoms with E-state index in [4.69, 9.17) is 16.3 Å². The first-order valence-electron chi connectivity index (χ1n) is 8.99. The Kier molecular flexibility index (Phi) is 7.00. The molecule has 0 heterocycles. The highest BCUT2D eigenvalue weighted by Crippen LogP contribution is 2.40. The molecule has 0 atom stereocenters. The number of halogens is 6. The molecule has 0 aromatic heterocycles. The van der Waals surface area contributed by atoms with E-state index >= 15 is 0 Å². The number of ether oxygens (including phenoxy) is 1. The van der Waals surface area contributed by atoms with Crippen LogP contribution in [-0.2, 0) is 6.18 Å². The number of hydrogen-bond acceptors (Lipinski definition) is 3. The lowest BCUT2D eigenvalue weighted by Crippen LogP contribution is -2.15. The summed E-state index contributed by atoms with van der Waals surface area (Å²) in [6, 6.07) is 8.74. The van der Waals surface area contributed by atoms with Crippen molar-refractivity contribution in [2.45, 2.75) is 18.0 Å². The Balaban J connectivity index is 2.05. The zero-order chi connectivity index (χ0) is 23.6. The number of nitrogens with one attached hydrogen (secondary N) is 1. The highest BCUT2D eigenvalue weighted by molar-refractivity contribution is 7.98. The van der Waals surface area contributed by atoms with Crippen molar-refractivity contribution in [2.75, 3.05) is 11.6 Å². The van der Waals surface area contributed by atoms with Gasteiger partial charge in [0.05, 0.1) is 16.1 Å². The van der Waals surface area contributed by atoms with Gasteiger partial charge in [-0.2, -0.15) is 13.2 Å². The fraction of sp³-hybridized carbons (Fsp3) is 0.136. The van der Waals surface area contributed by atoms with Gasteiger partial charge in [-0.15, -0.1) is 11.8 Å². The van der Waals surface area contributed by atoms with Gasteiger partial charge in [0.15, 0.2) is 0 Å². The molecule has 3 aromatic carbocycles. The van der Waals surface area contributed by atoms with E-state index < -0.39 is 40.1 Å². The number of hydrogen-bond donors (Lipinski definition) is 1. The number of aryl methyl sites for hydroxylation is 1. The largest absolute Gasteiger partial charge is 0.456 e. The lowest BCUT2D eigenvalue weighted by Gasteiger charge is -2.17. The Bertz CT molecular complexity index is 1180. The van der Waals surface area contributed by atoms with Crippen LogP contribution in [0.25, 0.3) is 0 Å². The number of alkyl halides is 3. The molecular formula is C22H15ClF5NO2S. The minimum Gasteiger partial charge on any atom is -0.456 e. The highest BCUT2D eigenvalue weighted by Gasteiger charge is 2.35. The lowest BCUT2D eigenvalue weighted by atomic mass is 10.1. The van der Waals surface area contributed by atoms with Gasteiger partial charge in [0.1, 0.15) is 23.1 Å². The Hall–Kier alpha value is -2.78. The van der Waals surface area contributed by atoms with Crippen LogP contribution in [0.15, 0.2) is 53.4 Å². The molecule has 0 radical (unpaired) electrons. The van der Waals surface area contributed by atoms with E-state index in [-0.39, 0.29) is 21.9 Å². The van der Waals surface area contributed by atoms with Gasteiger partial charge in [0, 0.05) is 10.6 Å². The van der Waals surface area contributed by atoms with Gasteiger partial charge in [-0.05, 0) is 67.3 Å². The normalized spacial score (nSPS) is 11.4. The molecule has 0 saturated heterocycles. The second kappa shape index (κ2) is 9.38. The minimum absolute atomic E-state index is 0.0577. The van der Waals surface area contributed by atoms with E-state index in [0.29, 0.717) is 11.6 Å². The smallest absolute Gasteiger partial charge is 0.417 e. The Morgan fingerprint density at radius 3 is 2.38 bits per heavy atom. The number of rotatable bonds is 5. The first kappa shape index (κ1) is 23.9. The van der Waals surface area contributed by atoms with Crippen molar-refractivity contribution in [3.05, 3.63) is 81.9 Å². The topological polar surface area (TPSA) is 38.3 Å². The summed E-state index contributed by atoms with van der Waals surface area (Å²) in [6.07, 6.45) is -3.15. The average molecular weight is 488 g/mol. The maximum Gasteiger partial charge on any atom is 0.417 e. The summed E-state index contributed by atoms with van der Waals surface area (Å²) in [6.45, 7) is 1.50. The predicted molar refractivity (Wildman–Crippen MR) is 114 cm³/mol. The zero-order valence-corrected chi connectivity index (χ0v) is 18.2. The monoisotopic (exact) mass is 487 g/mol. The Morgan fingerprint density at radius 2 is 1.75 bits per heavy atom. The number of benzene rings is 3. The van der Waals surface area contributed by atoms with Crippen molar-refractivity contribution in [1.29, 1.82) is 0 Å². The SMILES string of the molecule is CSc1cc(NC(=O)c2cc(Cl)c(C(F)(F)F)cc2Oc2ccc(F)cc2C)ccc1F. The van der Waals surface area contributed by atoms with Crippen LogP contribution in [-0.4, -0.2) is 12.2 Å². The summed E-state index contributed by atoms with van der Waals surface area (Å²) < 4.78 is 72.8. The van der Waals surface area contributed by atoms with Crippen LogP contribution >= 0.6 is 23.4 Å². The molecule has 0 bridgehead atoms. The summed E-state index contributed by atoms with van der Waals surface area (Å²) in [5.74, 6) is -2.23. The zero-order valence-electron chi connectivity index (χ0n) is 16.6. The second-order valence-electron chi connectivity index (χ2n) is 6.64. The summed E-state index contributed by atoms with van der Waals surface area (Å²) >= 11 is 6.92. The summed E-state index contributed by atoms with van der Waals surface area (Å²) in [4.78, 5) is 13.1. The van der Waals surface area contributed by atoms with Crippen molar-refractivity contribution in [3.63, 3.8) is 0 Å². The first-order valence-corrected chi connectivity index (χ1v) is 10.6. The van der Waals surface area contributed by atoms with Crippen LogP contribution in [0, 0.1) is 18.6 Å². The van der Waals surface area contributed by atoms with Crippen molar-refractivity contribution < 1.29 is 31.5 Å². The maximum atomic E-state index is 13.7. The van der Waals surface area contributed by atoms with E-state index in [9.17, 15) is 26.7 Å². The van der Waals surface area contributed by atoms with Crippen LogP contribution in [0.3, 0.4) is 0 Å². The Labute approximate surface area is 189 Å². The van der Waals surface area contributed by atoms with Gasteiger partial charge in [-0.3, -0.25) is 4.79 Å². The highest BCUT2D eigenvalue weighted by atomic mass is 35.5. The molecule has 0 aliphatic carbocycles. The average Bonchev–Trinajstić information content (AvgIpc) is 2.71. The van der Waals surface area contributed by atoms with E-state index in [1.54, 1.807) is 6.26 Å². The van der Waals surface area contributed by atoms with Gasteiger partial charge in [-0.1, -0.05) is 11.6 Å². The second-order valence-corrected chi connectivity index (χ2v) is 7.90. The van der Waals surface area contributed by atoms with Crippen molar-refractivity contribution >= 4 is 35.0 Å². The number of amides is 1. The maximum absolute atomic E-state index is 13.7. The lowest BCUT2D eigenvalue weighted by molar-refractivity contribution is -0.137. The fourth-order valence-corrected chi connectivity index (χ4v) is 3.59. The number of anilines is 1. The summed E-state index contributed by atoms with van der Waals surface area (Å²) in [5.41, 5.74) is -0.956. The van der Waals surface area contributed by atoms with Gasteiger partial charge in [-0.25, -0.2) is 8.78 Å². The van der Waals surface area contributed by atoms with Crippen LogP contribution in [0.2, 0.25) is 5.02 Å². The fourth-order valence-electron chi connectivity index (χ4n) is 2.81. The molecule has 0 aliphatic rings. The van der Waals surface area contributed by atoms with Gasteiger partial charge in [0.2, 0.25) is 0 Å². The number of carbonyl (C=O) groups is 1. The molecule has 3 nitrogen and oxygen atoms in total. The molecule has 1 N–H and O–H groups in total. The van der Waals surface area contributed by atoms with E-state index in [1.807, 2.05) is 0 Å². The molecule has 0 fully saturated rings. The number of carbonyl (C=O) groups excluding carboxylic acids is 1. The predicted octanol–water partition coefficient (Wildman–Crippen LogP) is 7.71. The number of thioether (sulfide) groups is 1. The van der Waals surface area contributed by atoms with Crippen LogP contribution in [0.4, 0.5) is 27.6 Å². The third-order valence-electron chi connectivity index (χ3n) is 4.39. The van der Waals surface area contributed by atoms with Crippen molar-refractivity contribution in [2.24, 2.45) is 0 Å². The minimum atomic E-state index is -4.80. The standard InChI is InChI=1S/C22H15ClF5NO2S/c1-11-7-12(24)3-6-18(11)31-19-10-15(22(26,27)28)16(23)9-14(19)21(30)29-13-4-5-17(25)20(8-13)32-2/h3-10H,1-2H3,(H,29,30). The molecule has 0 saturated carbocycles. The van der Waals surface area contributed by atoms with Crippen LogP contribution in [0.1, 0.15) is 21.5 Å². The molecule has 0 aliphatic heterocycles. The van der Waals surface area contributed by atoms with Crippen molar-refractivity contribution in [3.8, 4) is 11.5 Å². The van der Waals surface area contributed by atoms with Gasteiger partial charge in [0.25, 0.3) is 5.91 Å². The molecule has 0 unspecified atom stereocenters. The molecular weight excluding hydrogens is 473 g/mol. The molecule has 3 aromatic rings.